The molecular formula is C10H16ClNO2. The zero-order valence-electron chi connectivity index (χ0n) is 8.18. The highest BCUT2D eigenvalue weighted by atomic mass is 35.5. The van der Waals surface area contributed by atoms with Gasteiger partial charge in [0, 0.05) is 5.88 Å². The number of carboxylic acid groups (broad SMARTS) is 1. The van der Waals surface area contributed by atoms with E-state index in [2.05, 4.69) is 11.9 Å². The first-order valence-corrected chi connectivity index (χ1v) is 5.35. The van der Waals surface area contributed by atoms with E-state index in [4.69, 9.17) is 11.6 Å². The molecule has 4 heteroatoms. The summed E-state index contributed by atoms with van der Waals surface area (Å²) in [4.78, 5) is 11.2. The molecule has 0 saturated carbocycles. The standard InChI is InChI=1S/C10H16ClNO2/c1-8-3-6-12-10(7-8,9(13)14)4-2-5-11/h12H,1-7H2,(H,13,14). The molecule has 1 aliphatic heterocycles. The van der Waals surface area contributed by atoms with Gasteiger partial charge in [-0.2, -0.15) is 0 Å². The zero-order chi connectivity index (χ0) is 10.6. The minimum Gasteiger partial charge on any atom is -0.480 e. The van der Waals surface area contributed by atoms with E-state index < -0.39 is 11.5 Å². The van der Waals surface area contributed by atoms with Gasteiger partial charge in [0.2, 0.25) is 0 Å². The minimum atomic E-state index is -0.815. The first kappa shape index (κ1) is 11.5. The van der Waals surface area contributed by atoms with Crippen molar-refractivity contribution in [1.29, 1.82) is 0 Å². The van der Waals surface area contributed by atoms with Crippen LogP contribution < -0.4 is 5.32 Å². The predicted molar refractivity (Wildman–Crippen MR) is 56.7 cm³/mol. The number of hydrogen-bond acceptors (Lipinski definition) is 2. The van der Waals surface area contributed by atoms with Gasteiger partial charge in [-0.3, -0.25) is 4.79 Å². The molecule has 0 spiro atoms. The average Bonchev–Trinajstić information content (AvgIpc) is 2.14. The van der Waals surface area contributed by atoms with Crippen molar-refractivity contribution >= 4 is 17.6 Å². The molecule has 0 aromatic heterocycles. The number of rotatable bonds is 4. The van der Waals surface area contributed by atoms with Crippen molar-refractivity contribution in [3.05, 3.63) is 12.2 Å². The number of nitrogens with one attached hydrogen (secondary N) is 1. The Kier molecular flexibility index (Phi) is 3.96. The number of carbonyl (C=O) groups is 1. The fraction of sp³-hybridized carbons (Fsp3) is 0.700. The highest BCUT2D eigenvalue weighted by Gasteiger charge is 2.39. The summed E-state index contributed by atoms with van der Waals surface area (Å²) >= 11 is 5.58. The topological polar surface area (TPSA) is 49.3 Å². The van der Waals surface area contributed by atoms with Crippen molar-refractivity contribution in [3.63, 3.8) is 0 Å². The van der Waals surface area contributed by atoms with E-state index in [0.29, 0.717) is 31.7 Å². The third-order valence-corrected chi connectivity index (χ3v) is 2.91. The lowest BCUT2D eigenvalue weighted by Gasteiger charge is -2.35. The van der Waals surface area contributed by atoms with Crippen molar-refractivity contribution < 1.29 is 9.90 Å². The summed E-state index contributed by atoms with van der Waals surface area (Å²) in [6, 6.07) is 0. The normalized spacial score (nSPS) is 27.6. The number of aliphatic carboxylic acids is 1. The smallest absolute Gasteiger partial charge is 0.324 e. The van der Waals surface area contributed by atoms with Crippen molar-refractivity contribution in [1.82, 2.24) is 5.32 Å². The number of piperidine rings is 1. The molecule has 1 atom stereocenters. The van der Waals surface area contributed by atoms with E-state index in [-0.39, 0.29) is 0 Å². The molecule has 1 unspecified atom stereocenters. The lowest BCUT2D eigenvalue weighted by atomic mass is 9.83. The highest BCUT2D eigenvalue weighted by molar-refractivity contribution is 6.17. The molecule has 0 aromatic carbocycles. The van der Waals surface area contributed by atoms with Crippen LogP contribution >= 0.6 is 11.6 Å². The SMILES string of the molecule is C=C1CCNC(CCCCl)(C(=O)O)C1. The van der Waals surface area contributed by atoms with Crippen LogP contribution in [0.4, 0.5) is 0 Å². The molecule has 0 amide bonds. The second-order valence-electron chi connectivity index (χ2n) is 3.78. The summed E-state index contributed by atoms with van der Waals surface area (Å²) in [6.07, 6.45) is 2.69. The van der Waals surface area contributed by atoms with Gasteiger partial charge in [0.1, 0.15) is 5.54 Å². The van der Waals surface area contributed by atoms with E-state index >= 15 is 0 Å². The first-order chi connectivity index (χ1) is 6.60. The van der Waals surface area contributed by atoms with Crippen LogP contribution in [0.3, 0.4) is 0 Å². The number of alkyl halides is 1. The molecule has 3 nitrogen and oxygen atoms in total. The van der Waals surface area contributed by atoms with Gasteiger partial charge in [-0.25, -0.2) is 0 Å². The van der Waals surface area contributed by atoms with Crippen molar-refractivity contribution in [2.24, 2.45) is 0 Å². The Morgan fingerprint density at radius 1 is 1.71 bits per heavy atom. The monoisotopic (exact) mass is 217 g/mol. The van der Waals surface area contributed by atoms with Crippen LogP contribution in [-0.4, -0.2) is 29.0 Å². The van der Waals surface area contributed by atoms with Crippen LogP contribution in [-0.2, 0) is 4.79 Å². The number of carboxylic acids is 1. The molecule has 1 saturated heterocycles. The van der Waals surface area contributed by atoms with Crippen molar-refractivity contribution in [2.75, 3.05) is 12.4 Å². The van der Waals surface area contributed by atoms with E-state index in [1.807, 2.05) is 0 Å². The molecule has 0 radical (unpaired) electrons. The molecule has 0 aliphatic carbocycles. The van der Waals surface area contributed by atoms with Crippen LogP contribution in [0, 0.1) is 0 Å². The summed E-state index contributed by atoms with van der Waals surface area (Å²) in [5.74, 6) is -0.285. The second kappa shape index (κ2) is 4.80. The summed E-state index contributed by atoms with van der Waals surface area (Å²) in [5.41, 5.74) is 0.199. The Balaban J connectivity index is 2.69. The van der Waals surface area contributed by atoms with Crippen LogP contribution in [0.25, 0.3) is 0 Å². The molecule has 0 aromatic rings. The Bertz CT molecular complexity index is 242. The van der Waals surface area contributed by atoms with Gasteiger partial charge in [-0.15, -0.1) is 11.6 Å². The molecule has 0 bridgehead atoms. The van der Waals surface area contributed by atoms with Gasteiger partial charge >= 0.3 is 5.97 Å². The van der Waals surface area contributed by atoms with E-state index in [1.54, 1.807) is 0 Å². The third kappa shape index (κ3) is 2.49. The molecule has 80 valence electrons. The third-order valence-electron chi connectivity index (χ3n) is 2.64. The number of hydrogen-bond donors (Lipinski definition) is 2. The van der Waals surface area contributed by atoms with Crippen LogP contribution in [0.1, 0.15) is 25.7 Å². The fourth-order valence-electron chi connectivity index (χ4n) is 1.86. The van der Waals surface area contributed by atoms with Crippen LogP contribution in [0.15, 0.2) is 12.2 Å². The lowest BCUT2D eigenvalue weighted by molar-refractivity contribution is -0.145. The molecule has 1 heterocycles. The average molecular weight is 218 g/mol. The Morgan fingerprint density at radius 2 is 2.43 bits per heavy atom. The van der Waals surface area contributed by atoms with E-state index in [9.17, 15) is 9.90 Å². The van der Waals surface area contributed by atoms with Gasteiger partial charge in [0.15, 0.2) is 0 Å². The van der Waals surface area contributed by atoms with Gasteiger partial charge < -0.3 is 10.4 Å². The summed E-state index contributed by atoms with van der Waals surface area (Å²) in [5, 5.41) is 12.3. The first-order valence-electron chi connectivity index (χ1n) is 4.82. The molecule has 2 N–H and O–H groups in total. The van der Waals surface area contributed by atoms with Gasteiger partial charge in [0.25, 0.3) is 0 Å². The van der Waals surface area contributed by atoms with Gasteiger partial charge in [-0.1, -0.05) is 12.2 Å². The summed E-state index contributed by atoms with van der Waals surface area (Å²) < 4.78 is 0. The molecule has 1 rings (SSSR count). The largest absolute Gasteiger partial charge is 0.480 e. The van der Waals surface area contributed by atoms with E-state index in [0.717, 1.165) is 12.0 Å². The lowest BCUT2D eigenvalue weighted by Crippen LogP contribution is -2.55. The molecule has 1 fully saturated rings. The van der Waals surface area contributed by atoms with Crippen LogP contribution in [0.5, 0.6) is 0 Å². The Hall–Kier alpha value is -0.540. The summed E-state index contributed by atoms with van der Waals surface area (Å²) in [6.45, 7) is 4.57. The van der Waals surface area contributed by atoms with Crippen molar-refractivity contribution in [3.8, 4) is 0 Å². The number of halogens is 1. The second-order valence-corrected chi connectivity index (χ2v) is 4.16. The summed E-state index contributed by atoms with van der Waals surface area (Å²) in [7, 11) is 0. The maximum Gasteiger partial charge on any atom is 0.324 e. The molecular weight excluding hydrogens is 202 g/mol. The zero-order valence-corrected chi connectivity index (χ0v) is 8.94. The predicted octanol–water partition coefficient (Wildman–Crippen LogP) is 1.77. The maximum absolute atomic E-state index is 11.2. The minimum absolute atomic E-state index is 0.503. The molecule has 1 aliphatic rings. The Morgan fingerprint density at radius 3 is 2.93 bits per heavy atom. The Labute approximate surface area is 89.1 Å². The fourth-order valence-corrected chi connectivity index (χ4v) is 1.99. The maximum atomic E-state index is 11.2. The quantitative estimate of drug-likeness (QED) is 0.558. The van der Waals surface area contributed by atoms with Crippen LogP contribution in [0.2, 0.25) is 0 Å². The van der Waals surface area contributed by atoms with Crippen molar-refractivity contribution in [2.45, 2.75) is 31.2 Å². The molecule has 14 heavy (non-hydrogen) atoms. The highest BCUT2D eigenvalue weighted by Crippen LogP contribution is 2.27. The van der Waals surface area contributed by atoms with Gasteiger partial charge in [0.05, 0.1) is 0 Å². The van der Waals surface area contributed by atoms with E-state index in [1.165, 1.54) is 0 Å². The van der Waals surface area contributed by atoms with Gasteiger partial charge in [-0.05, 0) is 32.2 Å².